The number of ether oxygens (including phenoxy) is 3. The van der Waals surface area contributed by atoms with E-state index in [2.05, 4.69) is 0 Å². The van der Waals surface area contributed by atoms with Gasteiger partial charge in [-0.1, -0.05) is 0 Å². The Kier molecular flexibility index (Phi) is 5.83. The van der Waals surface area contributed by atoms with Gasteiger partial charge in [-0.25, -0.2) is 9.59 Å². The van der Waals surface area contributed by atoms with Gasteiger partial charge in [0.1, 0.15) is 0 Å². The Balaban J connectivity index is 2.78. The van der Waals surface area contributed by atoms with Gasteiger partial charge in [-0.05, 0) is 39.0 Å². The summed E-state index contributed by atoms with van der Waals surface area (Å²) in [6.07, 6.45) is -0.216. The standard InChI is InChI=1S/C14H18O6/c1-4-18-12-7-10(14(16)17)5-6-11(12)19-8-13(15)20-9(2)3/h5-7,9H,4,8H2,1-3H3,(H,16,17). The van der Waals surface area contributed by atoms with Crippen molar-refractivity contribution < 1.29 is 28.9 Å². The molecule has 1 rings (SSSR count). The number of carbonyl (C=O) groups is 2. The van der Waals surface area contributed by atoms with Crippen LogP contribution in [0.5, 0.6) is 11.5 Å². The zero-order chi connectivity index (χ0) is 15.1. The Morgan fingerprint density at radius 1 is 1.20 bits per heavy atom. The molecule has 20 heavy (non-hydrogen) atoms. The van der Waals surface area contributed by atoms with Crippen LogP contribution in [-0.4, -0.2) is 36.4 Å². The molecule has 0 heterocycles. The highest BCUT2D eigenvalue weighted by atomic mass is 16.6. The predicted molar refractivity (Wildman–Crippen MR) is 71.3 cm³/mol. The molecule has 0 bridgehead atoms. The largest absolute Gasteiger partial charge is 0.490 e. The zero-order valence-corrected chi connectivity index (χ0v) is 11.7. The average Bonchev–Trinajstić information content (AvgIpc) is 2.36. The molecule has 6 heteroatoms. The van der Waals surface area contributed by atoms with Crippen LogP contribution in [0.3, 0.4) is 0 Å². The fourth-order valence-corrected chi connectivity index (χ4v) is 1.46. The molecule has 0 saturated carbocycles. The smallest absolute Gasteiger partial charge is 0.344 e. The van der Waals surface area contributed by atoms with Crippen molar-refractivity contribution in [3.05, 3.63) is 23.8 Å². The molecule has 0 fully saturated rings. The number of esters is 1. The van der Waals surface area contributed by atoms with Gasteiger partial charge in [0.2, 0.25) is 0 Å². The van der Waals surface area contributed by atoms with E-state index in [-0.39, 0.29) is 24.0 Å². The topological polar surface area (TPSA) is 82.1 Å². The van der Waals surface area contributed by atoms with Crippen molar-refractivity contribution in [3.63, 3.8) is 0 Å². The third-order valence-electron chi connectivity index (χ3n) is 2.20. The maximum Gasteiger partial charge on any atom is 0.344 e. The monoisotopic (exact) mass is 282 g/mol. The lowest BCUT2D eigenvalue weighted by atomic mass is 10.2. The second-order valence-electron chi connectivity index (χ2n) is 4.23. The van der Waals surface area contributed by atoms with Crippen LogP contribution >= 0.6 is 0 Å². The first-order valence-electron chi connectivity index (χ1n) is 6.26. The number of carboxylic acid groups (broad SMARTS) is 1. The molecular weight excluding hydrogens is 264 g/mol. The van der Waals surface area contributed by atoms with E-state index in [0.717, 1.165) is 0 Å². The quantitative estimate of drug-likeness (QED) is 0.771. The minimum Gasteiger partial charge on any atom is -0.490 e. The highest BCUT2D eigenvalue weighted by Gasteiger charge is 2.13. The zero-order valence-electron chi connectivity index (χ0n) is 11.7. The molecule has 0 aliphatic carbocycles. The lowest BCUT2D eigenvalue weighted by Gasteiger charge is -2.13. The van der Waals surface area contributed by atoms with E-state index < -0.39 is 11.9 Å². The SMILES string of the molecule is CCOc1cc(C(=O)O)ccc1OCC(=O)OC(C)C. The number of hydrogen-bond donors (Lipinski definition) is 1. The van der Waals surface area contributed by atoms with Crippen LogP contribution in [0.2, 0.25) is 0 Å². The van der Waals surface area contributed by atoms with Gasteiger partial charge in [0.05, 0.1) is 18.3 Å². The average molecular weight is 282 g/mol. The van der Waals surface area contributed by atoms with Gasteiger partial charge in [-0.2, -0.15) is 0 Å². The van der Waals surface area contributed by atoms with E-state index >= 15 is 0 Å². The molecule has 0 amide bonds. The fraction of sp³-hybridized carbons (Fsp3) is 0.429. The Morgan fingerprint density at radius 2 is 1.90 bits per heavy atom. The second-order valence-corrected chi connectivity index (χ2v) is 4.23. The van der Waals surface area contributed by atoms with Crippen LogP contribution in [-0.2, 0) is 9.53 Å². The number of aromatic carboxylic acids is 1. The van der Waals surface area contributed by atoms with Crippen LogP contribution < -0.4 is 9.47 Å². The molecule has 0 aliphatic rings. The first kappa shape index (κ1) is 15.8. The molecule has 0 aromatic heterocycles. The van der Waals surface area contributed by atoms with Crippen LogP contribution in [0.25, 0.3) is 0 Å². The molecule has 110 valence electrons. The summed E-state index contributed by atoms with van der Waals surface area (Å²) in [5, 5.41) is 8.92. The van der Waals surface area contributed by atoms with Crippen molar-refractivity contribution in [3.8, 4) is 11.5 Å². The number of carbonyl (C=O) groups excluding carboxylic acids is 1. The minimum atomic E-state index is -1.06. The third-order valence-corrected chi connectivity index (χ3v) is 2.20. The highest BCUT2D eigenvalue weighted by Crippen LogP contribution is 2.28. The van der Waals surface area contributed by atoms with Gasteiger partial charge in [0.25, 0.3) is 0 Å². The lowest BCUT2D eigenvalue weighted by Crippen LogP contribution is -2.19. The summed E-state index contributed by atoms with van der Waals surface area (Å²) in [4.78, 5) is 22.3. The minimum absolute atomic E-state index is 0.0885. The second kappa shape index (κ2) is 7.37. The van der Waals surface area contributed by atoms with Crippen molar-refractivity contribution >= 4 is 11.9 Å². The van der Waals surface area contributed by atoms with E-state index in [1.54, 1.807) is 20.8 Å². The summed E-state index contributed by atoms with van der Waals surface area (Å²) in [5.74, 6) is -0.969. The molecule has 0 spiro atoms. The van der Waals surface area contributed by atoms with E-state index in [4.69, 9.17) is 19.3 Å². The Labute approximate surface area is 117 Å². The fourth-order valence-electron chi connectivity index (χ4n) is 1.46. The lowest BCUT2D eigenvalue weighted by molar-refractivity contribution is -0.149. The summed E-state index contributed by atoms with van der Waals surface area (Å²) in [6.45, 7) is 5.35. The van der Waals surface area contributed by atoms with Gasteiger partial charge in [0.15, 0.2) is 18.1 Å². The van der Waals surface area contributed by atoms with E-state index in [1.165, 1.54) is 18.2 Å². The predicted octanol–water partition coefficient (Wildman–Crippen LogP) is 2.11. The Hall–Kier alpha value is -2.24. The van der Waals surface area contributed by atoms with E-state index in [0.29, 0.717) is 12.4 Å². The van der Waals surface area contributed by atoms with Gasteiger partial charge in [0, 0.05) is 0 Å². The van der Waals surface area contributed by atoms with Crippen molar-refractivity contribution in [2.24, 2.45) is 0 Å². The summed E-state index contributed by atoms with van der Waals surface area (Å²) in [7, 11) is 0. The van der Waals surface area contributed by atoms with Crippen LogP contribution in [0, 0.1) is 0 Å². The maximum absolute atomic E-state index is 11.4. The molecule has 0 radical (unpaired) electrons. The Bertz CT molecular complexity index is 481. The van der Waals surface area contributed by atoms with E-state index in [1.807, 2.05) is 0 Å². The van der Waals surface area contributed by atoms with Crippen LogP contribution in [0.1, 0.15) is 31.1 Å². The molecule has 0 saturated heterocycles. The Morgan fingerprint density at radius 3 is 2.45 bits per heavy atom. The summed E-state index contributed by atoms with van der Waals surface area (Å²) >= 11 is 0. The number of carboxylic acids is 1. The number of hydrogen-bond acceptors (Lipinski definition) is 5. The summed E-state index contributed by atoms with van der Waals surface area (Å²) in [5.41, 5.74) is 0.0885. The van der Waals surface area contributed by atoms with Crippen molar-refractivity contribution in [2.75, 3.05) is 13.2 Å². The normalized spacial score (nSPS) is 10.2. The van der Waals surface area contributed by atoms with Crippen LogP contribution in [0.4, 0.5) is 0 Å². The maximum atomic E-state index is 11.4. The first-order valence-corrected chi connectivity index (χ1v) is 6.26. The highest BCUT2D eigenvalue weighted by molar-refractivity contribution is 5.88. The molecule has 0 unspecified atom stereocenters. The van der Waals surface area contributed by atoms with Gasteiger partial charge in [-0.15, -0.1) is 0 Å². The summed E-state index contributed by atoms with van der Waals surface area (Å²) < 4.78 is 15.5. The van der Waals surface area contributed by atoms with Crippen molar-refractivity contribution in [2.45, 2.75) is 26.9 Å². The van der Waals surface area contributed by atoms with E-state index in [9.17, 15) is 9.59 Å². The van der Waals surface area contributed by atoms with Crippen molar-refractivity contribution in [1.29, 1.82) is 0 Å². The van der Waals surface area contributed by atoms with Gasteiger partial charge < -0.3 is 19.3 Å². The molecule has 1 N–H and O–H groups in total. The molecule has 6 nitrogen and oxygen atoms in total. The van der Waals surface area contributed by atoms with Crippen LogP contribution in [0.15, 0.2) is 18.2 Å². The summed E-state index contributed by atoms with van der Waals surface area (Å²) in [6, 6.07) is 4.19. The van der Waals surface area contributed by atoms with Crippen molar-refractivity contribution in [1.82, 2.24) is 0 Å². The molecular formula is C14H18O6. The third kappa shape index (κ3) is 4.79. The molecule has 1 aromatic rings. The van der Waals surface area contributed by atoms with Gasteiger partial charge >= 0.3 is 11.9 Å². The number of benzene rings is 1. The van der Waals surface area contributed by atoms with Gasteiger partial charge in [-0.3, -0.25) is 0 Å². The number of rotatable bonds is 7. The molecule has 0 aliphatic heterocycles. The first-order chi connectivity index (χ1) is 9.43. The molecule has 1 aromatic carbocycles. The molecule has 0 atom stereocenters.